The van der Waals surface area contributed by atoms with Crippen LogP contribution in [0.3, 0.4) is 0 Å². The van der Waals surface area contributed by atoms with Gasteiger partial charge in [0.05, 0.1) is 5.41 Å². The van der Waals surface area contributed by atoms with Crippen molar-refractivity contribution in [2.45, 2.75) is 20.3 Å². The zero-order valence-corrected chi connectivity index (χ0v) is 10.4. The Morgan fingerprint density at radius 1 is 1.47 bits per heavy atom. The van der Waals surface area contributed by atoms with Crippen LogP contribution in [0.4, 0.5) is 11.4 Å². The van der Waals surface area contributed by atoms with Gasteiger partial charge in [-0.05, 0) is 44.0 Å². The van der Waals surface area contributed by atoms with Crippen LogP contribution in [0.15, 0.2) is 18.2 Å². The minimum absolute atomic E-state index is 0.215. The van der Waals surface area contributed by atoms with Crippen LogP contribution in [0.5, 0.6) is 0 Å². The van der Waals surface area contributed by atoms with Gasteiger partial charge >= 0.3 is 0 Å². The maximum Gasteiger partial charge on any atom is 0.225 e. The summed E-state index contributed by atoms with van der Waals surface area (Å²) in [6.07, 6.45) is 0.812. The molecule has 4 N–H and O–H groups in total. The number of hydrogen-bond donors (Lipinski definition) is 2. The fourth-order valence-corrected chi connectivity index (χ4v) is 2.40. The first-order valence-corrected chi connectivity index (χ1v) is 5.83. The molecule has 4 heteroatoms. The molecule has 92 valence electrons. The van der Waals surface area contributed by atoms with E-state index in [9.17, 15) is 4.79 Å². The van der Waals surface area contributed by atoms with Crippen molar-refractivity contribution in [2.75, 3.05) is 23.7 Å². The first-order valence-electron chi connectivity index (χ1n) is 5.83. The Balaban J connectivity index is 2.24. The summed E-state index contributed by atoms with van der Waals surface area (Å²) in [4.78, 5) is 13.6. The molecule has 1 atom stereocenters. The largest absolute Gasteiger partial charge is 0.399 e. The van der Waals surface area contributed by atoms with Crippen LogP contribution in [0.25, 0.3) is 0 Å². The molecule has 0 aromatic heterocycles. The number of primary amides is 1. The Labute approximate surface area is 102 Å². The van der Waals surface area contributed by atoms with E-state index in [1.165, 1.54) is 0 Å². The van der Waals surface area contributed by atoms with Crippen LogP contribution in [-0.2, 0) is 4.79 Å². The second kappa shape index (κ2) is 3.95. The van der Waals surface area contributed by atoms with Gasteiger partial charge in [-0.15, -0.1) is 0 Å². The molecule has 0 bridgehead atoms. The van der Waals surface area contributed by atoms with Crippen molar-refractivity contribution in [3.05, 3.63) is 23.8 Å². The Hall–Kier alpha value is -1.71. The molecule has 0 radical (unpaired) electrons. The summed E-state index contributed by atoms with van der Waals surface area (Å²) in [6, 6.07) is 5.86. The van der Waals surface area contributed by atoms with Gasteiger partial charge in [0.1, 0.15) is 0 Å². The maximum atomic E-state index is 11.4. The van der Waals surface area contributed by atoms with Crippen molar-refractivity contribution >= 4 is 17.3 Å². The molecule has 2 rings (SSSR count). The molecule has 1 saturated heterocycles. The van der Waals surface area contributed by atoms with Crippen molar-refractivity contribution in [2.24, 2.45) is 11.1 Å². The number of anilines is 2. The molecule has 1 aliphatic rings. The van der Waals surface area contributed by atoms with Crippen molar-refractivity contribution in [3.63, 3.8) is 0 Å². The normalized spacial score (nSPS) is 24.0. The highest BCUT2D eigenvalue weighted by Crippen LogP contribution is 2.34. The molecule has 1 fully saturated rings. The third-order valence-corrected chi connectivity index (χ3v) is 3.63. The van der Waals surface area contributed by atoms with Crippen molar-refractivity contribution in [1.82, 2.24) is 0 Å². The van der Waals surface area contributed by atoms with Gasteiger partial charge in [-0.2, -0.15) is 0 Å². The molecular formula is C13H19N3O. The first-order chi connectivity index (χ1) is 7.92. The van der Waals surface area contributed by atoms with Gasteiger partial charge in [0.15, 0.2) is 0 Å². The molecule has 0 spiro atoms. The fourth-order valence-electron chi connectivity index (χ4n) is 2.40. The number of nitrogens with two attached hydrogens (primary N) is 2. The van der Waals surface area contributed by atoms with E-state index in [0.717, 1.165) is 29.9 Å². The van der Waals surface area contributed by atoms with E-state index in [1.807, 2.05) is 32.0 Å². The van der Waals surface area contributed by atoms with Gasteiger partial charge in [-0.25, -0.2) is 0 Å². The topological polar surface area (TPSA) is 72.3 Å². The molecular weight excluding hydrogens is 214 g/mol. The highest BCUT2D eigenvalue weighted by molar-refractivity contribution is 5.82. The standard InChI is InChI=1S/C13H19N3O/c1-9-7-10(14)3-4-11(9)16-6-5-13(2,8-16)12(15)17/h3-4,7H,5-6,8,14H2,1-2H3,(H2,15,17). The number of nitrogen functional groups attached to an aromatic ring is 1. The molecule has 4 nitrogen and oxygen atoms in total. The third-order valence-electron chi connectivity index (χ3n) is 3.63. The van der Waals surface area contributed by atoms with Crippen LogP contribution >= 0.6 is 0 Å². The van der Waals surface area contributed by atoms with Crippen LogP contribution in [-0.4, -0.2) is 19.0 Å². The molecule has 17 heavy (non-hydrogen) atoms. The lowest BCUT2D eigenvalue weighted by Gasteiger charge is -2.24. The van der Waals surface area contributed by atoms with E-state index in [4.69, 9.17) is 11.5 Å². The Morgan fingerprint density at radius 3 is 2.71 bits per heavy atom. The van der Waals surface area contributed by atoms with Crippen LogP contribution in [0, 0.1) is 12.3 Å². The molecule has 1 heterocycles. The van der Waals surface area contributed by atoms with E-state index in [1.54, 1.807) is 0 Å². The molecule has 0 aliphatic carbocycles. The molecule has 1 aromatic rings. The SMILES string of the molecule is Cc1cc(N)ccc1N1CCC(C)(C(N)=O)C1. The van der Waals surface area contributed by atoms with Crippen LogP contribution in [0.1, 0.15) is 18.9 Å². The van der Waals surface area contributed by atoms with E-state index in [-0.39, 0.29) is 5.91 Å². The van der Waals surface area contributed by atoms with Crippen molar-refractivity contribution < 1.29 is 4.79 Å². The highest BCUT2D eigenvalue weighted by Gasteiger charge is 2.39. The average Bonchev–Trinajstić information content (AvgIpc) is 2.62. The number of amides is 1. The summed E-state index contributed by atoms with van der Waals surface area (Å²) >= 11 is 0. The van der Waals surface area contributed by atoms with E-state index >= 15 is 0 Å². The predicted molar refractivity (Wildman–Crippen MR) is 69.7 cm³/mol. The smallest absolute Gasteiger partial charge is 0.225 e. The highest BCUT2D eigenvalue weighted by atomic mass is 16.1. The van der Waals surface area contributed by atoms with Crippen LogP contribution < -0.4 is 16.4 Å². The lowest BCUT2D eigenvalue weighted by atomic mass is 9.89. The number of carbonyl (C=O) groups is 1. The lowest BCUT2D eigenvalue weighted by molar-refractivity contribution is -0.125. The Bertz CT molecular complexity index is 458. The van der Waals surface area contributed by atoms with Gasteiger partial charge in [0, 0.05) is 24.5 Å². The number of nitrogens with zero attached hydrogens (tertiary/aromatic N) is 1. The second-order valence-electron chi connectivity index (χ2n) is 5.14. The Morgan fingerprint density at radius 2 is 2.18 bits per heavy atom. The third kappa shape index (κ3) is 2.07. The molecule has 1 amide bonds. The summed E-state index contributed by atoms with van der Waals surface area (Å²) < 4.78 is 0. The number of hydrogen-bond acceptors (Lipinski definition) is 3. The fraction of sp³-hybridized carbons (Fsp3) is 0.462. The van der Waals surface area contributed by atoms with Crippen LogP contribution in [0.2, 0.25) is 0 Å². The summed E-state index contributed by atoms with van der Waals surface area (Å²) in [6.45, 7) is 5.52. The van der Waals surface area contributed by atoms with E-state index in [0.29, 0.717) is 6.54 Å². The van der Waals surface area contributed by atoms with Crippen molar-refractivity contribution in [1.29, 1.82) is 0 Å². The van der Waals surface area contributed by atoms with Crippen molar-refractivity contribution in [3.8, 4) is 0 Å². The summed E-state index contributed by atoms with van der Waals surface area (Å²) in [5, 5.41) is 0. The summed E-state index contributed by atoms with van der Waals surface area (Å²) in [5.74, 6) is -0.215. The van der Waals surface area contributed by atoms with Gasteiger partial charge < -0.3 is 16.4 Å². The van der Waals surface area contributed by atoms with Gasteiger partial charge in [0.25, 0.3) is 0 Å². The number of rotatable bonds is 2. The number of carbonyl (C=O) groups excluding carboxylic acids is 1. The first kappa shape index (κ1) is 11.8. The zero-order chi connectivity index (χ0) is 12.6. The molecule has 1 aromatic carbocycles. The second-order valence-corrected chi connectivity index (χ2v) is 5.14. The van der Waals surface area contributed by atoms with Gasteiger partial charge in [0.2, 0.25) is 5.91 Å². The Kier molecular flexibility index (Phi) is 2.73. The van der Waals surface area contributed by atoms with Gasteiger partial charge in [-0.1, -0.05) is 0 Å². The monoisotopic (exact) mass is 233 g/mol. The molecule has 1 aliphatic heterocycles. The van der Waals surface area contributed by atoms with E-state index < -0.39 is 5.41 Å². The number of benzene rings is 1. The number of aryl methyl sites for hydroxylation is 1. The summed E-state index contributed by atoms with van der Waals surface area (Å²) in [7, 11) is 0. The zero-order valence-electron chi connectivity index (χ0n) is 10.4. The minimum atomic E-state index is -0.409. The minimum Gasteiger partial charge on any atom is -0.399 e. The summed E-state index contributed by atoms with van der Waals surface area (Å²) in [5.41, 5.74) is 13.8. The average molecular weight is 233 g/mol. The van der Waals surface area contributed by atoms with E-state index in [2.05, 4.69) is 4.90 Å². The maximum absolute atomic E-state index is 11.4. The quantitative estimate of drug-likeness (QED) is 0.756. The molecule has 1 unspecified atom stereocenters. The molecule has 0 saturated carbocycles. The lowest BCUT2D eigenvalue weighted by Crippen LogP contribution is -2.37. The predicted octanol–water partition coefficient (Wildman–Crippen LogP) is 1.28. The van der Waals surface area contributed by atoms with Gasteiger partial charge in [-0.3, -0.25) is 4.79 Å².